The molecule has 0 saturated carbocycles. The molecule has 1 saturated heterocycles. The maximum Gasteiger partial charge on any atom is 0.225 e. The van der Waals surface area contributed by atoms with Crippen molar-refractivity contribution in [3.63, 3.8) is 0 Å². The van der Waals surface area contributed by atoms with Crippen molar-refractivity contribution in [3.05, 3.63) is 18.2 Å². The zero-order chi connectivity index (χ0) is 14.7. The van der Waals surface area contributed by atoms with E-state index in [1.165, 1.54) is 12.8 Å². The Kier molecular flexibility index (Phi) is 4.29. The molecule has 3 rings (SSSR count). The summed E-state index contributed by atoms with van der Waals surface area (Å²) in [4.78, 5) is 14.5. The first-order valence-corrected chi connectivity index (χ1v) is 7.62. The number of nitrogens with one attached hydrogen (secondary N) is 1. The Morgan fingerprint density at radius 1 is 1.29 bits per heavy atom. The van der Waals surface area contributed by atoms with Crippen LogP contribution in [0.4, 0.5) is 5.69 Å². The van der Waals surface area contributed by atoms with Gasteiger partial charge in [-0.15, -0.1) is 0 Å². The predicted octanol–water partition coefficient (Wildman–Crippen LogP) is 2.27. The number of carbonyl (C=O) groups is 1. The van der Waals surface area contributed by atoms with Gasteiger partial charge in [-0.1, -0.05) is 6.42 Å². The fourth-order valence-electron chi connectivity index (χ4n) is 2.95. The maximum absolute atomic E-state index is 12.2. The third-order valence-corrected chi connectivity index (χ3v) is 4.17. The molecule has 5 nitrogen and oxygen atoms in total. The van der Waals surface area contributed by atoms with Gasteiger partial charge in [0, 0.05) is 24.2 Å². The number of anilines is 1. The number of benzene rings is 1. The number of piperidine rings is 1. The molecule has 1 amide bonds. The van der Waals surface area contributed by atoms with E-state index in [0.717, 1.165) is 24.4 Å². The van der Waals surface area contributed by atoms with E-state index in [4.69, 9.17) is 9.47 Å². The summed E-state index contributed by atoms with van der Waals surface area (Å²) in [6.45, 7) is 2.21. The fourth-order valence-corrected chi connectivity index (χ4v) is 2.95. The Morgan fingerprint density at radius 2 is 2.10 bits per heavy atom. The van der Waals surface area contributed by atoms with Crippen LogP contribution in [-0.4, -0.2) is 43.7 Å². The summed E-state index contributed by atoms with van der Waals surface area (Å²) < 4.78 is 11.0. The lowest BCUT2D eigenvalue weighted by Gasteiger charge is -2.32. The van der Waals surface area contributed by atoms with Crippen molar-refractivity contribution >= 4 is 11.6 Å². The summed E-state index contributed by atoms with van der Waals surface area (Å²) in [5.74, 6) is 1.51. The lowest BCUT2D eigenvalue weighted by atomic mass is 10.00. The van der Waals surface area contributed by atoms with Crippen molar-refractivity contribution in [1.82, 2.24) is 4.90 Å². The van der Waals surface area contributed by atoms with Crippen LogP contribution in [0.1, 0.15) is 25.7 Å². The van der Waals surface area contributed by atoms with Crippen LogP contribution in [0.25, 0.3) is 0 Å². The van der Waals surface area contributed by atoms with Crippen molar-refractivity contribution in [2.45, 2.75) is 31.7 Å². The van der Waals surface area contributed by atoms with Gasteiger partial charge >= 0.3 is 0 Å². The highest BCUT2D eigenvalue weighted by atomic mass is 16.6. The highest BCUT2D eigenvalue weighted by Crippen LogP contribution is 2.32. The van der Waals surface area contributed by atoms with E-state index >= 15 is 0 Å². The Balaban J connectivity index is 1.59. The van der Waals surface area contributed by atoms with Crippen LogP contribution < -0.4 is 14.8 Å². The lowest BCUT2D eigenvalue weighted by molar-refractivity contribution is -0.117. The van der Waals surface area contributed by atoms with Gasteiger partial charge in [0.25, 0.3) is 0 Å². The van der Waals surface area contributed by atoms with E-state index in [2.05, 4.69) is 17.3 Å². The van der Waals surface area contributed by atoms with Crippen LogP contribution in [0.3, 0.4) is 0 Å². The van der Waals surface area contributed by atoms with Gasteiger partial charge in [-0.25, -0.2) is 0 Å². The van der Waals surface area contributed by atoms with E-state index in [0.29, 0.717) is 31.4 Å². The van der Waals surface area contributed by atoms with E-state index in [1.807, 2.05) is 18.2 Å². The summed E-state index contributed by atoms with van der Waals surface area (Å²) in [5, 5.41) is 2.96. The van der Waals surface area contributed by atoms with Gasteiger partial charge in [0.05, 0.1) is 0 Å². The average molecular weight is 290 g/mol. The molecular weight excluding hydrogens is 268 g/mol. The normalized spacial score (nSPS) is 21.9. The van der Waals surface area contributed by atoms with Crippen LogP contribution in [-0.2, 0) is 4.79 Å². The van der Waals surface area contributed by atoms with E-state index < -0.39 is 0 Å². The Labute approximate surface area is 125 Å². The molecule has 0 aliphatic carbocycles. The number of rotatable bonds is 3. The summed E-state index contributed by atoms with van der Waals surface area (Å²) >= 11 is 0. The van der Waals surface area contributed by atoms with Gasteiger partial charge in [-0.2, -0.15) is 0 Å². The molecule has 21 heavy (non-hydrogen) atoms. The SMILES string of the molecule is CN1CCCCC1CC(=O)Nc1ccc2c(c1)OCCO2. The van der Waals surface area contributed by atoms with Crippen molar-refractivity contribution in [2.24, 2.45) is 0 Å². The minimum Gasteiger partial charge on any atom is -0.486 e. The molecule has 2 aliphatic heterocycles. The smallest absolute Gasteiger partial charge is 0.225 e. The number of hydrogen-bond acceptors (Lipinski definition) is 4. The summed E-state index contributed by atoms with van der Waals surface area (Å²) in [5.41, 5.74) is 0.766. The Bertz CT molecular complexity index is 518. The van der Waals surface area contributed by atoms with Gasteiger partial charge in [0.1, 0.15) is 13.2 Å². The number of fused-ring (bicyclic) bond motifs is 1. The molecule has 1 fully saturated rings. The lowest BCUT2D eigenvalue weighted by Crippen LogP contribution is -2.38. The molecule has 0 bridgehead atoms. The van der Waals surface area contributed by atoms with Crippen LogP contribution >= 0.6 is 0 Å². The minimum absolute atomic E-state index is 0.0606. The van der Waals surface area contributed by atoms with Crippen molar-refractivity contribution in [2.75, 3.05) is 32.1 Å². The van der Waals surface area contributed by atoms with Gasteiger partial charge in [0.15, 0.2) is 11.5 Å². The predicted molar refractivity (Wildman–Crippen MR) is 80.9 cm³/mol. The van der Waals surface area contributed by atoms with Crippen LogP contribution in [0.5, 0.6) is 11.5 Å². The van der Waals surface area contributed by atoms with Crippen LogP contribution in [0.15, 0.2) is 18.2 Å². The molecule has 1 N–H and O–H groups in total. The Hall–Kier alpha value is -1.75. The monoisotopic (exact) mass is 290 g/mol. The summed E-state index contributed by atoms with van der Waals surface area (Å²) in [7, 11) is 2.10. The van der Waals surface area contributed by atoms with Crippen molar-refractivity contribution in [1.29, 1.82) is 0 Å². The largest absolute Gasteiger partial charge is 0.486 e. The van der Waals surface area contributed by atoms with Gasteiger partial charge < -0.3 is 19.7 Å². The molecule has 5 heteroatoms. The van der Waals surface area contributed by atoms with E-state index in [9.17, 15) is 4.79 Å². The minimum atomic E-state index is 0.0606. The number of amides is 1. The zero-order valence-corrected chi connectivity index (χ0v) is 12.4. The van der Waals surface area contributed by atoms with E-state index in [1.54, 1.807) is 0 Å². The van der Waals surface area contributed by atoms with Gasteiger partial charge in [0.2, 0.25) is 5.91 Å². The fraction of sp³-hybridized carbons (Fsp3) is 0.562. The molecule has 1 atom stereocenters. The molecule has 0 aromatic heterocycles. The summed E-state index contributed by atoms with van der Waals surface area (Å²) in [6, 6.07) is 5.89. The second kappa shape index (κ2) is 6.35. The highest BCUT2D eigenvalue weighted by Gasteiger charge is 2.22. The second-order valence-electron chi connectivity index (χ2n) is 5.74. The molecular formula is C16H22N2O3. The molecule has 1 aromatic rings. The second-order valence-corrected chi connectivity index (χ2v) is 5.74. The van der Waals surface area contributed by atoms with Gasteiger partial charge in [-0.05, 0) is 38.6 Å². The maximum atomic E-state index is 12.2. The average Bonchev–Trinajstić information content (AvgIpc) is 2.49. The number of ether oxygens (including phenoxy) is 2. The molecule has 0 radical (unpaired) electrons. The number of nitrogens with zero attached hydrogens (tertiary/aromatic N) is 1. The summed E-state index contributed by atoms with van der Waals surface area (Å²) in [6.07, 6.45) is 4.10. The molecule has 1 unspecified atom stereocenters. The highest BCUT2D eigenvalue weighted by molar-refractivity contribution is 5.91. The number of likely N-dealkylation sites (tertiary alicyclic amines) is 1. The Morgan fingerprint density at radius 3 is 2.90 bits per heavy atom. The first-order valence-electron chi connectivity index (χ1n) is 7.62. The standard InChI is InChI=1S/C16H22N2O3/c1-18-7-3-2-4-13(18)11-16(19)17-12-5-6-14-15(10-12)21-9-8-20-14/h5-6,10,13H,2-4,7-9,11H2,1H3,(H,17,19). The molecule has 2 aliphatic rings. The third-order valence-electron chi connectivity index (χ3n) is 4.17. The molecule has 2 heterocycles. The number of hydrogen-bond donors (Lipinski definition) is 1. The first-order chi connectivity index (χ1) is 10.2. The topological polar surface area (TPSA) is 50.8 Å². The molecule has 0 spiro atoms. The van der Waals surface area contributed by atoms with Crippen molar-refractivity contribution < 1.29 is 14.3 Å². The quantitative estimate of drug-likeness (QED) is 0.928. The number of carbonyl (C=O) groups excluding carboxylic acids is 1. The van der Waals surface area contributed by atoms with Gasteiger partial charge in [-0.3, -0.25) is 4.79 Å². The van der Waals surface area contributed by atoms with Crippen LogP contribution in [0.2, 0.25) is 0 Å². The molecule has 1 aromatic carbocycles. The van der Waals surface area contributed by atoms with E-state index in [-0.39, 0.29) is 5.91 Å². The van der Waals surface area contributed by atoms with Crippen LogP contribution in [0, 0.1) is 0 Å². The molecule has 114 valence electrons. The zero-order valence-electron chi connectivity index (χ0n) is 12.4. The third kappa shape index (κ3) is 3.47. The first kappa shape index (κ1) is 14.2. The van der Waals surface area contributed by atoms with Crippen molar-refractivity contribution in [3.8, 4) is 11.5 Å².